The van der Waals surface area contributed by atoms with Crippen LogP contribution in [0.1, 0.15) is 62.6 Å². The highest BCUT2D eigenvalue weighted by atomic mass is 35.5. The van der Waals surface area contributed by atoms with Crippen LogP contribution in [0, 0.1) is 18.8 Å². The third kappa shape index (κ3) is 3.72. The second-order valence-corrected chi connectivity index (χ2v) is 7.78. The van der Waals surface area contributed by atoms with Crippen molar-refractivity contribution in [3.05, 3.63) is 39.6 Å². The zero-order valence-corrected chi connectivity index (χ0v) is 16.9. The van der Waals surface area contributed by atoms with Crippen LogP contribution in [0.4, 0.5) is 0 Å². The minimum absolute atomic E-state index is 0.0410. The molecule has 0 bridgehead atoms. The first-order valence-corrected chi connectivity index (χ1v) is 9.90. The minimum atomic E-state index is -0.749. The van der Waals surface area contributed by atoms with E-state index < -0.39 is 5.54 Å². The summed E-state index contributed by atoms with van der Waals surface area (Å²) in [4.78, 5) is 12.8. The molecular formula is C22H26ClNO3. The van der Waals surface area contributed by atoms with Crippen molar-refractivity contribution in [2.75, 3.05) is 6.61 Å². The number of rotatable bonds is 4. The summed E-state index contributed by atoms with van der Waals surface area (Å²) in [5.41, 5.74) is 1.73. The van der Waals surface area contributed by atoms with E-state index in [1.165, 1.54) is 0 Å². The van der Waals surface area contributed by atoms with E-state index in [1.807, 2.05) is 13.0 Å². The maximum atomic E-state index is 12.8. The monoisotopic (exact) mass is 387 g/mol. The normalized spacial score (nSPS) is 24.7. The van der Waals surface area contributed by atoms with Gasteiger partial charge in [0.05, 0.1) is 16.7 Å². The van der Waals surface area contributed by atoms with Gasteiger partial charge in [0, 0.05) is 24.2 Å². The summed E-state index contributed by atoms with van der Waals surface area (Å²) in [6.45, 7) is 6.41. The molecule has 5 heteroatoms. The first-order chi connectivity index (χ1) is 12.9. The lowest BCUT2D eigenvalue weighted by molar-refractivity contribution is -0.117. The zero-order valence-electron chi connectivity index (χ0n) is 16.1. The van der Waals surface area contributed by atoms with E-state index in [0.29, 0.717) is 30.0 Å². The second-order valence-electron chi connectivity index (χ2n) is 7.37. The molecule has 1 spiro atoms. The van der Waals surface area contributed by atoms with Crippen molar-refractivity contribution in [3.8, 4) is 11.8 Å². The van der Waals surface area contributed by atoms with E-state index in [1.54, 1.807) is 13.0 Å². The van der Waals surface area contributed by atoms with Crippen molar-refractivity contribution in [2.24, 2.45) is 0 Å². The van der Waals surface area contributed by atoms with Crippen molar-refractivity contribution in [1.82, 2.24) is 5.32 Å². The van der Waals surface area contributed by atoms with Crippen LogP contribution in [0.5, 0.6) is 0 Å². The van der Waals surface area contributed by atoms with Crippen molar-refractivity contribution in [3.63, 3.8) is 0 Å². The third-order valence-corrected chi connectivity index (χ3v) is 5.64. The highest BCUT2D eigenvalue weighted by Crippen LogP contribution is 2.44. The molecule has 1 heterocycles. The molecule has 2 N–H and O–H groups in total. The molecule has 4 nitrogen and oxygen atoms in total. The topological polar surface area (TPSA) is 58.6 Å². The average Bonchev–Trinajstić information content (AvgIpc) is 2.84. The highest BCUT2D eigenvalue weighted by Gasteiger charge is 2.49. The summed E-state index contributed by atoms with van der Waals surface area (Å²) < 4.78 is 5.91. The number of hydrogen-bond acceptors (Lipinski definition) is 3. The largest absolute Gasteiger partial charge is 0.509 e. The van der Waals surface area contributed by atoms with Gasteiger partial charge in [0.2, 0.25) is 0 Å². The fraction of sp³-hybridized carbons (Fsp3) is 0.500. The van der Waals surface area contributed by atoms with Gasteiger partial charge in [0.25, 0.3) is 5.91 Å². The Morgan fingerprint density at radius 3 is 2.89 bits per heavy atom. The summed E-state index contributed by atoms with van der Waals surface area (Å²) in [5, 5.41) is 14.6. The van der Waals surface area contributed by atoms with Crippen molar-refractivity contribution >= 4 is 23.1 Å². The molecular weight excluding hydrogens is 362 g/mol. The van der Waals surface area contributed by atoms with E-state index >= 15 is 0 Å². The Hall–Kier alpha value is -1.96. The number of aliphatic hydroxyl groups is 1. The summed E-state index contributed by atoms with van der Waals surface area (Å²) in [5.74, 6) is 5.65. The van der Waals surface area contributed by atoms with Gasteiger partial charge in [0.15, 0.2) is 0 Å². The number of nitrogens with one attached hydrogen (secondary N) is 1. The molecule has 27 heavy (non-hydrogen) atoms. The van der Waals surface area contributed by atoms with Crippen LogP contribution in [0.3, 0.4) is 0 Å². The highest BCUT2D eigenvalue weighted by molar-refractivity contribution is 6.36. The quantitative estimate of drug-likeness (QED) is 0.746. The Kier molecular flexibility index (Phi) is 5.83. The Balaban J connectivity index is 2.00. The van der Waals surface area contributed by atoms with Crippen LogP contribution < -0.4 is 5.32 Å². The number of amides is 1. The van der Waals surface area contributed by atoms with Gasteiger partial charge in [0.1, 0.15) is 11.3 Å². The lowest BCUT2D eigenvalue weighted by Gasteiger charge is -2.37. The maximum absolute atomic E-state index is 12.8. The summed E-state index contributed by atoms with van der Waals surface area (Å²) in [6, 6.07) is 3.64. The molecule has 0 radical (unpaired) electrons. The maximum Gasteiger partial charge on any atom is 0.256 e. The molecule has 1 aromatic rings. The molecule has 1 aromatic carbocycles. The van der Waals surface area contributed by atoms with Gasteiger partial charge in [-0.1, -0.05) is 24.4 Å². The first kappa shape index (κ1) is 19.8. The van der Waals surface area contributed by atoms with Gasteiger partial charge in [-0.15, -0.1) is 5.92 Å². The van der Waals surface area contributed by atoms with Crippen molar-refractivity contribution in [1.29, 1.82) is 0 Å². The Morgan fingerprint density at radius 2 is 2.22 bits per heavy atom. The number of benzene rings is 1. The van der Waals surface area contributed by atoms with Gasteiger partial charge >= 0.3 is 0 Å². The van der Waals surface area contributed by atoms with Gasteiger partial charge in [-0.2, -0.15) is 0 Å². The van der Waals surface area contributed by atoms with Gasteiger partial charge in [-0.3, -0.25) is 4.79 Å². The standard InChI is InChI=1S/C22H26ClNO3/c1-4-7-15-11-14(3)18(17(23)12-15)19-20(25)22(24-21(19)26)9-6-8-16(13-22)27-10-5-2/h11-12,16,25H,5-6,8-10,13H2,1-3H3,(H,24,26). The van der Waals surface area contributed by atoms with E-state index in [9.17, 15) is 9.90 Å². The number of ether oxygens (including phenoxy) is 1. The molecule has 1 fully saturated rings. The van der Waals surface area contributed by atoms with Crippen LogP contribution in [0.15, 0.2) is 17.9 Å². The Labute approximate surface area is 165 Å². The predicted octanol–water partition coefficient (Wildman–Crippen LogP) is 4.53. The van der Waals surface area contributed by atoms with Gasteiger partial charge in [-0.05, 0) is 57.2 Å². The van der Waals surface area contributed by atoms with E-state index in [-0.39, 0.29) is 23.3 Å². The van der Waals surface area contributed by atoms with Crippen LogP contribution in [-0.2, 0) is 9.53 Å². The molecule has 2 unspecified atom stereocenters. The number of hydrogen-bond donors (Lipinski definition) is 2. The van der Waals surface area contributed by atoms with Gasteiger partial charge < -0.3 is 15.2 Å². The first-order valence-electron chi connectivity index (χ1n) is 9.53. The summed E-state index contributed by atoms with van der Waals surface area (Å²) in [7, 11) is 0. The lowest BCUT2D eigenvalue weighted by Crippen LogP contribution is -2.49. The van der Waals surface area contributed by atoms with E-state index in [4.69, 9.17) is 16.3 Å². The number of carbonyl (C=O) groups excluding carboxylic acids is 1. The second kappa shape index (κ2) is 7.96. The van der Waals surface area contributed by atoms with Crippen molar-refractivity contribution < 1.29 is 14.6 Å². The molecule has 144 valence electrons. The molecule has 1 amide bonds. The molecule has 2 atom stereocenters. The SMILES string of the molecule is CC#Cc1cc(C)c(C2=C(O)C3(CCCC(OCCC)C3)NC2=O)c(Cl)c1. The minimum Gasteiger partial charge on any atom is -0.509 e. The number of aryl methyl sites for hydroxylation is 1. The zero-order chi connectivity index (χ0) is 19.6. The van der Waals surface area contributed by atoms with Gasteiger partial charge in [-0.25, -0.2) is 0 Å². The third-order valence-electron chi connectivity index (χ3n) is 5.34. The van der Waals surface area contributed by atoms with E-state index in [2.05, 4.69) is 24.1 Å². The summed E-state index contributed by atoms with van der Waals surface area (Å²) in [6.07, 6.45) is 4.12. The van der Waals surface area contributed by atoms with Crippen LogP contribution >= 0.6 is 11.6 Å². The molecule has 2 aliphatic rings. The fourth-order valence-corrected chi connectivity index (χ4v) is 4.54. The average molecular weight is 388 g/mol. The number of halogens is 1. The van der Waals surface area contributed by atoms with E-state index in [0.717, 1.165) is 30.4 Å². The van der Waals surface area contributed by atoms with Crippen molar-refractivity contribution in [2.45, 2.75) is 64.5 Å². The summed E-state index contributed by atoms with van der Waals surface area (Å²) >= 11 is 6.49. The Morgan fingerprint density at radius 1 is 1.44 bits per heavy atom. The Bertz CT molecular complexity index is 826. The predicted molar refractivity (Wildman–Crippen MR) is 108 cm³/mol. The molecule has 1 saturated carbocycles. The molecule has 0 aromatic heterocycles. The molecule has 1 aliphatic carbocycles. The number of carbonyl (C=O) groups is 1. The molecule has 3 rings (SSSR count). The molecule has 1 aliphatic heterocycles. The lowest BCUT2D eigenvalue weighted by atomic mass is 9.79. The molecule has 0 saturated heterocycles. The van der Waals surface area contributed by atoms with Crippen LogP contribution in [-0.4, -0.2) is 29.3 Å². The van der Waals surface area contributed by atoms with Crippen LogP contribution in [0.25, 0.3) is 5.57 Å². The number of aliphatic hydroxyl groups excluding tert-OH is 1. The fourth-order valence-electron chi connectivity index (χ4n) is 4.17. The van der Waals surface area contributed by atoms with Crippen LogP contribution in [0.2, 0.25) is 5.02 Å². The smallest absolute Gasteiger partial charge is 0.256 e.